The Morgan fingerprint density at radius 1 is 1.60 bits per heavy atom. The van der Waals surface area contributed by atoms with E-state index in [9.17, 15) is 5.11 Å². The van der Waals surface area contributed by atoms with Crippen molar-refractivity contribution in [2.45, 2.75) is 26.0 Å². The largest absolute Gasteiger partial charge is 0.472 e. The lowest BCUT2D eigenvalue weighted by atomic mass is 10.2. The van der Waals surface area contributed by atoms with Gasteiger partial charge in [0.1, 0.15) is 5.69 Å². The fourth-order valence-electron chi connectivity index (χ4n) is 1.32. The summed E-state index contributed by atoms with van der Waals surface area (Å²) in [6, 6.07) is 1.87. The summed E-state index contributed by atoms with van der Waals surface area (Å²) >= 11 is 0. The molecule has 0 amide bonds. The van der Waals surface area contributed by atoms with Gasteiger partial charge in [-0.15, -0.1) is 5.10 Å². The normalized spacial score (nSPS) is 12.9. The molecule has 2 aromatic heterocycles. The summed E-state index contributed by atoms with van der Waals surface area (Å²) in [4.78, 5) is 0. The number of nitrogens with zero attached hydrogens (tertiary/aromatic N) is 3. The average Bonchev–Trinajstić information content (AvgIpc) is 2.88. The highest BCUT2D eigenvalue weighted by atomic mass is 16.3. The average molecular weight is 207 g/mol. The van der Waals surface area contributed by atoms with Crippen LogP contribution in [0.3, 0.4) is 0 Å². The zero-order valence-corrected chi connectivity index (χ0v) is 8.50. The zero-order valence-electron chi connectivity index (χ0n) is 8.50. The van der Waals surface area contributed by atoms with Gasteiger partial charge >= 0.3 is 0 Å². The summed E-state index contributed by atoms with van der Waals surface area (Å²) in [6.45, 7) is 2.51. The fraction of sp³-hybridized carbons (Fsp3) is 0.400. The molecule has 2 heterocycles. The van der Waals surface area contributed by atoms with Gasteiger partial charge in [0.05, 0.1) is 31.4 Å². The van der Waals surface area contributed by atoms with Crippen LogP contribution in [-0.4, -0.2) is 20.1 Å². The highest BCUT2D eigenvalue weighted by molar-refractivity contribution is 5.06. The Kier molecular flexibility index (Phi) is 2.82. The second-order valence-corrected chi connectivity index (χ2v) is 3.40. The molecule has 0 aliphatic carbocycles. The predicted octanol–water partition coefficient (Wildman–Crippen LogP) is 1.36. The quantitative estimate of drug-likeness (QED) is 0.822. The second-order valence-electron chi connectivity index (χ2n) is 3.40. The van der Waals surface area contributed by atoms with Crippen molar-refractivity contribution in [1.29, 1.82) is 0 Å². The molecular weight excluding hydrogens is 194 g/mol. The van der Waals surface area contributed by atoms with Crippen LogP contribution < -0.4 is 0 Å². The minimum Gasteiger partial charge on any atom is -0.472 e. The summed E-state index contributed by atoms with van der Waals surface area (Å²) in [7, 11) is 0. The molecule has 1 atom stereocenters. The molecule has 1 unspecified atom stereocenters. The van der Waals surface area contributed by atoms with E-state index in [1.807, 2.05) is 13.0 Å². The van der Waals surface area contributed by atoms with Crippen LogP contribution in [0.15, 0.2) is 29.2 Å². The van der Waals surface area contributed by atoms with E-state index in [2.05, 4.69) is 10.3 Å². The zero-order chi connectivity index (χ0) is 10.7. The van der Waals surface area contributed by atoms with Crippen molar-refractivity contribution in [3.8, 4) is 0 Å². The van der Waals surface area contributed by atoms with Crippen molar-refractivity contribution in [3.05, 3.63) is 36.0 Å². The van der Waals surface area contributed by atoms with Crippen molar-refractivity contribution in [1.82, 2.24) is 15.0 Å². The number of aliphatic hydroxyl groups excluding tert-OH is 1. The Balaban J connectivity index is 2.07. The number of rotatable bonds is 4. The first kappa shape index (κ1) is 9.92. The number of furan rings is 1. The molecule has 0 aliphatic rings. The molecule has 2 rings (SSSR count). The summed E-state index contributed by atoms with van der Waals surface area (Å²) in [6.07, 6.45) is 5.15. The molecule has 0 radical (unpaired) electrons. The molecule has 0 aliphatic heterocycles. The molecule has 0 bridgehead atoms. The van der Waals surface area contributed by atoms with Crippen LogP contribution in [0.4, 0.5) is 0 Å². The third kappa shape index (κ3) is 2.24. The Morgan fingerprint density at radius 2 is 2.47 bits per heavy atom. The molecule has 0 saturated carbocycles. The van der Waals surface area contributed by atoms with Gasteiger partial charge in [0.2, 0.25) is 0 Å². The minimum atomic E-state index is -0.525. The molecule has 0 aromatic carbocycles. The highest BCUT2D eigenvalue weighted by Crippen LogP contribution is 2.12. The third-order valence-electron chi connectivity index (χ3n) is 2.21. The topological polar surface area (TPSA) is 64.1 Å². The summed E-state index contributed by atoms with van der Waals surface area (Å²) < 4.78 is 6.63. The number of hydrogen-bond donors (Lipinski definition) is 1. The van der Waals surface area contributed by atoms with Gasteiger partial charge in [0.25, 0.3) is 0 Å². The van der Waals surface area contributed by atoms with Gasteiger partial charge in [-0.25, -0.2) is 4.68 Å². The van der Waals surface area contributed by atoms with Crippen molar-refractivity contribution in [3.63, 3.8) is 0 Å². The van der Waals surface area contributed by atoms with E-state index < -0.39 is 6.10 Å². The van der Waals surface area contributed by atoms with Crippen LogP contribution in [0, 0.1) is 0 Å². The van der Waals surface area contributed by atoms with E-state index >= 15 is 0 Å². The van der Waals surface area contributed by atoms with Crippen molar-refractivity contribution in [2.75, 3.05) is 0 Å². The van der Waals surface area contributed by atoms with Crippen LogP contribution in [0.2, 0.25) is 0 Å². The first-order valence-corrected chi connectivity index (χ1v) is 4.88. The van der Waals surface area contributed by atoms with Gasteiger partial charge in [-0.3, -0.25) is 0 Å². The first-order valence-electron chi connectivity index (χ1n) is 4.88. The van der Waals surface area contributed by atoms with Crippen LogP contribution in [0.25, 0.3) is 0 Å². The lowest BCUT2D eigenvalue weighted by Gasteiger charge is -2.00. The third-order valence-corrected chi connectivity index (χ3v) is 2.21. The molecule has 2 aromatic rings. The first-order chi connectivity index (χ1) is 7.29. The van der Waals surface area contributed by atoms with E-state index in [1.165, 1.54) is 0 Å². The maximum absolute atomic E-state index is 9.53. The number of hydrogen-bond acceptors (Lipinski definition) is 4. The molecule has 0 spiro atoms. The van der Waals surface area contributed by atoms with Gasteiger partial charge in [-0.05, 0) is 12.5 Å². The van der Waals surface area contributed by atoms with E-state index in [-0.39, 0.29) is 0 Å². The van der Waals surface area contributed by atoms with Gasteiger partial charge in [-0.1, -0.05) is 12.1 Å². The summed E-state index contributed by atoms with van der Waals surface area (Å²) in [5, 5.41) is 17.4. The lowest BCUT2D eigenvalue weighted by molar-refractivity contribution is 0.168. The van der Waals surface area contributed by atoms with E-state index in [1.54, 1.807) is 23.4 Å². The molecule has 5 heteroatoms. The van der Waals surface area contributed by atoms with Crippen molar-refractivity contribution in [2.24, 2.45) is 0 Å². The Hall–Kier alpha value is -1.62. The predicted molar refractivity (Wildman–Crippen MR) is 53.1 cm³/mol. The van der Waals surface area contributed by atoms with E-state index in [0.29, 0.717) is 18.7 Å². The summed E-state index contributed by atoms with van der Waals surface area (Å²) in [5.41, 5.74) is 1.64. The van der Waals surface area contributed by atoms with Crippen LogP contribution in [0.1, 0.15) is 30.7 Å². The molecule has 0 saturated heterocycles. The Morgan fingerprint density at radius 3 is 3.13 bits per heavy atom. The standard InChI is InChI=1S/C10H13N3O2/c1-2-10(14)9-6-13(12-11-9)5-8-3-4-15-7-8/h3-4,6-7,10,14H,2,5H2,1H3. The molecule has 15 heavy (non-hydrogen) atoms. The smallest absolute Gasteiger partial charge is 0.111 e. The fourth-order valence-corrected chi connectivity index (χ4v) is 1.32. The minimum absolute atomic E-state index is 0.525. The van der Waals surface area contributed by atoms with Gasteiger partial charge in [0.15, 0.2) is 0 Å². The summed E-state index contributed by atoms with van der Waals surface area (Å²) in [5.74, 6) is 0. The van der Waals surface area contributed by atoms with Gasteiger partial charge in [-0.2, -0.15) is 0 Å². The van der Waals surface area contributed by atoms with Gasteiger partial charge < -0.3 is 9.52 Å². The second kappa shape index (κ2) is 4.27. The molecule has 5 nitrogen and oxygen atoms in total. The molecule has 1 N–H and O–H groups in total. The van der Waals surface area contributed by atoms with Crippen molar-refractivity contribution < 1.29 is 9.52 Å². The Bertz CT molecular complexity index is 408. The van der Waals surface area contributed by atoms with E-state index in [4.69, 9.17) is 4.42 Å². The number of aliphatic hydroxyl groups is 1. The van der Waals surface area contributed by atoms with Crippen molar-refractivity contribution >= 4 is 0 Å². The van der Waals surface area contributed by atoms with Gasteiger partial charge in [0, 0.05) is 5.56 Å². The molecule has 80 valence electrons. The Labute approximate surface area is 87.3 Å². The maximum atomic E-state index is 9.53. The van der Waals surface area contributed by atoms with Crippen LogP contribution >= 0.6 is 0 Å². The van der Waals surface area contributed by atoms with E-state index in [0.717, 1.165) is 5.56 Å². The van der Waals surface area contributed by atoms with Crippen LogP contribution in [-0.2, 0) is 6.54 Å². The molecular formula is C10H13N3O2. The highest BCUT2D eigenvalue weighted by Gasteiger charge is 2.09. The van der Waals surface area contributed by atoms with Crippen LogP contribution in [0.5, 0.6) is 0 Å². The SMILES string of the molecule is CCC(O)c1cn(Cc2ccoc2)nn1. The number of aromatic nitrogens is 3. The lowest BCUT2D eigenvalue weighted by Crippen LogP contribution is -1.99. The molecule has 0 fully saturated rings. The monoisotopic (exact) mass is 207 g/mol. The maximum Gasteiger partial charge on any atom is 0.111 e.